The summed E-state index contributed by atoms with van der Waals surface area (Å²) in [6, 6.07) is 10.9. The Morgan fingerprint density at radius 2 is 2.16 bits per heavy atom. The number of rotatable bonds is 4. The van der Waals surface area contributed by atoms with Crippen LogP contribution in [-0.4, -0.2) is 30.0 Å². The molecule has 0 spiro atoms. The number of halogens is 1. The van der Waals surface area contributed by atoms with Crippen LogP contribution in [0.25, 0.3) is 0 Å². The van der Waals surface area contributed by atoms with Gasteiger partial charge in [0, 0.05) is 24.8 Å². The zero-order chi connectivity index (χ0) is 17.8. The van der Waals surface area contributed by atoms with Crippen LogP contribution in [0.5, 0.6) is 5.75 Å². The molecule has 3 rings (SSSR count). The van der Waals surface area contributed by atoms with Crippen LogP contribution in [0.1, 0.15) is 12.5 Å². The topological polar surface area (TPSA) is 70.7 Å². The van der Waals surface area contributed by atoms with Gasteiger partial charge in [-0.1, -0.05) is 12.1 Å². The standard InChI is InChI=1S/C18H18FN3O3/c1-2-22(10-12-4-3-5-13(19)8-12)18(24)20-14-6-7-15-16(9-14)25-11-17(23)21-15/h3-9H,2,10-11H2,1H3,(H,20,24)(H,21,23). The van der Waals surface area contributed by atoms with Gasteiger partial charge in [0.05, 0.1) is 5.69 Å². The van der Waals surface area contributed by atoms with Crippen molar-refractivity contribution in [3.05, 3.63) is 53.8 Å². The number of benzene rings is 2. The molecule has 1 aliphatic rings. The van der Waals surface area contributed by atoms with Gasteiger partial charge in [0.25, 0.3) is 5.91 Å². The van der Waals surface area contributed by atoms with Gasteiger partial charge >= 0.3 is 6.03 Å². The van der Waals surface area contributed by atoms with Gasteiger partial charge in [-0.15, -0.1) is 0 Å². The normalized spacial score (nSPS) is 12.6. The van der Waals surface area contributed by atoms with Crippen LogP contribution in [0.2, 0.25) is 0 Å². The van der Waals surface area contributed by atoms with E-state index in [9.17, 15) is 14.0 Å². The fourth-order valence-corrected chi connectivity index (χ4v) is 2.54. The second-order valence-corrected chi connectivity index (χ2v) is 5.62. The number of ether oxygens (including phenoxy) is 1. The first kappa shape index (κ1) is 16.8. The zero-order valence-corrected chi connectivity index (χ0v) is 13.7. The molecular formula is C18H18FN3O3. The molecule has 25 heavy (non-hydrogen) atoms. The Hall–Kier alpha value is -3.09. The van der Waals surface area contributed by atoms with E-state index in [0.717, 1.165) is 0 Å². The molecule has 0 bridgehead atoms. The Kier molecular flexibility index (Phi) is 4.83. The van der Waals surface area contributed by atoms with Crippen molar-refractivity contribution in [2.45, 2.75) is 13.5 Å². The highest BCUT2D eigenvalue weighted by Gasteiger charge is 2.18. The molecule has 1 heterocycles. The van der Waals surface area contributed by atoms with Crippen molar-refractivity contribution in [2.24, 2.45) is 0 Å². The van der Waals surface area contributed by atoms with Crippen molar-refractivity contribution in [1.82, 2.24) is 4.90 Å². The number of fused-ring (bicyclic) bond motifs is 1. The molecular weight excluding hydrogens is 325 g/mol. The monoisotopic (exact) mass is 343 g/mol. The molecule has 0 fully saturated rings. The molecule has 2 aromatic rings. The quantitative estimate of drug-likeness (QED) is 0.895. The fraction of sp³-hybridized carbons (Fsp3) is 0.222. The van der Waals surface area contributed by atoms with E-state index in [1.807, 2.05) is 6.92 Å². The summed E-state index contributed by atoms with van der Waals surface area (Å²) in [5.74, 6) is -0.0371. The number of carbonyl (C=O) groups is 2. The Balaban J connectivity index is 1.69. The molecule has 3 amide bonds. The molecule has 0 atom stereocenters. The Morgan fingerprint density at radius 3 is 2.92 bits per heavy atom. The summed E-state index contributed by atoms with van der Waals surface area (Å²) in [7, 11) is 0. The van der Waals surface area contributed by atoms with Crippen LogP contribution in [0, 0.1) is 5.82 Å². The third-order valence-corrected chi connectivity index (χ3v) is 3.80. The summed E-state index contributed by atoms with van der Waals surface area (Å²) in [6.45, 7) is 2.58. The Labute approximate surface area is 144 Å². The van der Waals surface area contributed by atoms with Gasteiger partial charge in [-0.2, -0.15) is 0 Å². The predicted molar refractivity (Wildman–Crippen MR) is 92.1 cm³/mol. The minimum atomic E-state index is -0.331. The van der Waals surface area contributed by atoms with Crippen molar-refractivity contribution in [3.63, 3.8) is 0 Å². The molecule has 0 saturated carbocycles. The number of carbonyl (C=O) groups excluding carboxylic acids is 2. The molecule has 0 aliphatic carbocycles. The van der Waals surface area contributed by atoms with Crippen molar-refractivity contribution < 1.29 is 18.7 Å². The largest absolute Gasteiger partial charge is 0.482 e. The summed E-state index contributed by atoms with van der Waals surface area (Å²) < 4.78 is 18.6. The van der Waals surface area contributed by atoms with E-state index in [4.69, 9.17) is 4.74 Å². The highest BCUT2D eigenvalue weighted by atomic mass is 19.1. The van der Waals surface area contributed by atoms with Crippen LogP contribution >= 0.6 is 0 Å². The molecule has 7 heteroatoms. The summed E-state index contributed by atoms with van der Waals surface area (Å²) in [6.07, 6.45) is 0. The van der Waals surface area contributed by atoms with Gasteiger partial charge in [0.15, 0.2) is 6.61 Å². The summed E-state index contributed by atoms with van der Waals surface area (Å²) in [4.78, 5) is 25.3. The lowest BCUT2D eigenvalue weighted by Crippen LogP contribution is -2.34. The number of urea groups is 1. The molecule has 6 nitrogen and oxygen atoms in total. The lowest BCUT2D eigenvalue weighted by molar-refractivity contribution is -0.118. The van der Waals surface area contributed by atoms with Crippen LogP contribution in [0.4, 0.5) is 20.6 Å². The third kappa shape index (κ3) is 4.06. The van der Waals surface area contributed by atoms with E-state index < -0.39 is 0 Å². The number of hydrogen-bond donors (Lipinski definition) is 2. The van der Waals surface area contributed by atoms with Crippen LogP contribution in [-0.2, 0) is 11.3 Å². The van der Waals surface area contributed by atoms with Gasteiger partial charge in [-0.05, 0) is 36.8 Å². The molecule has 0 saturated heterocycles. The van der Waals surface area contributed by atoms with Crippen molar-refractivity contribution in [3.8, 4) is 5.75 Å². The first-order valence-electron chi connectivity index (χ1n) is 7.92. The Morgan fingerprint density at radius 1 is 1.32 bits per heavy atom. The predicted octanol–water partition coefficient (Wildman–Crippen LogP) is 3.21. The van der Waals surface area contributed by atoms with E-state index in [0.29, 0.717) is 35.8 Å². The molecule has 0 aromatic heterocycles. The minimum absolute atomic E-state index is 0.0505. The molecule has 0 radical (unpaired) electrons. The fourth-order valence-electron chi connectivity index (χ4n) is 2.54. The summed E-state index contributed by atoms with van der Waals surface area (Å²) in [5.41, 5.74) is 1.84. The maximum Gasteiger partial charge on any atom is 0.322 e. The number of amides is 3. The summed E-state index contributed by atoms with van der Waals surface area (Å²) >= 11 is 0. The minimum Gasteiger partial charge on any atom is -0.482 e. The first-order chi connectivity index (χ1) is 12.0. The SMILES string of the molecule is CCN(Cc1cccc(F)c1)C(=O)Nc1ccc2c(c1)OCC(=O)N2. The van der Waals surface area contributed by atoms with E-state index in [1.165, 1.54) is 12.1 Å². The molecule has 1 aliphatic heterocycles. The lowest BCUT2D eigenvalue weighted by Gasteiger charge is -2.23. The molecule has 130 valence electrons. The van der Waals surface area contributed by atoms with Gasteiger partial charge in [-0.3, -0.25) is 4.79 Å². The van der Waals surface area contributed by atoms with E-state index in [2.05, 4.69) is 10.6 Å². The van der Waals surface area contributed by atoms with Gasteiger partial charge in [0.2, 0.25) is 0 Å². The molecule has 0 unspecified atom stereocenters. The number of nitrogens with zero attached hydrogens (tertiary/aromatic N) is 1. The number of nitrogens with one attached hydrogen (secondary N) is 2. The highest BCUT2D eigenvalue weighted by Crippen LogP contribution is 2.30. The second kappa shape index (κ2) is 7.21. The average molecular weight is 343 g/mol. The van der Waals surface area contributed by atoms with Gasteiger partial charge in [-0.25, -0.2) is 9.18 Å². The summed E-state index contributed by atoms with van der Waals surface area (Å²) in [5, 5.41) is 5.48. The van der Waals surface area contributed by atoms with Crippen LogP contribution in [0.3, 0.4) is 0 Å². The van der Waals surface area contributed by atoms with Crippen molar-refractivity contribution in [2.75, 3.05) is 23.8 Å². The second-order valence-electron chi connectivity index (χ2n) is 5.62. The highest BCUT2D eigenvalue weighted by molar-refractivity contribution is 5.96. The van der Waals surface area contributed by atoms with Gasteiger partial charge < -0.3 is 20.3 Å². The van der Waals surface area contributed by atoms with E-state index >= 15 is 0 Å². The van der Waals surface area contributed by atoms with Gasteiger partial charge in [0.1, 0.15) is 11.6 Å². The third-order valence-electron chi connectivity index (χ3n) is 3.80. The smallest absolute Gasteiger partial charge is 0.322 e. The number of anilines is 2. The molecule has 2 N–H and O–H groups in total. The Bertz CT molecular complexity index is 810. The zero-order valence-electron chi connectivity index (χ0n) is 13.7. The molecule has 2 aromatic carbocycles. The van der Waals surface area contributed by atoms with Crippen LogP contribution < -0.4 is 15.4 Å². The first-order valence-corrected chi connectivity index (χ1v) is 7.92. The lowest BCUT2D eigenvalue weighted by atomic mass is 10.2. The maximum atomic E-state index is 13.3. The van der Waals surface area contributed by atoms with E-state index in [1.54, 1.807) is 35.2 Å². The average Bonchev–Trinajstić information content (AvgIpc) is 2.59. The van der Waals surface area contributed by atoms with Crippen molar-refractivity contribution in [1.29, 1.82) is 0 Å². The van der Waals surface area contributed by atoms with Crippen LogP contribution in [0.15, 0.2) is 42.5 Å². The maximum absolute atomic E-state index is 13.3. The van der Waals surface area contributed by atoms with Crippen molar-refractivity contribution >= 4 is 23.3 Å². The van der Waals surface area contributed by atoms with E-state index in [-0.39, 0.29) is 24.4 Å². The number of hydrogen-bond acceptors (Lipinski definition) is 3.